The average molecular weight is 378 g/mol. The fourth-order valence-electron chi connectivity index (χ4n) is 3.12. The van der Waals surface area contributed by atoms with Crippen LogP contribution in [0.5, 0.6) is 5.75 Å². The van der Waals surface area contributed by atoms with Crippen molar-refractivity contribution in [2.75, 3.05) is 7.05 Å². The largest absolute Gasteiger partial charge is 0.434 e. The molecule has 0 atom stereocenters. The quantitative estimate of drug-likeness (QED) is 0.596. The number of fused-ring (bicyclic) bond motifs is 1. The molecule has 1 aliphatic heterocycles. The molecule has 0 aliphatic carbocycles. The summed E-state index contributed by atoms with van der Waals surface area (Å²) < 4.78 is 31.9. The zero-order valence-corrected chi connectivity index (χ0v) is 15.5. The molecule has 146 valence electrons. The second-order valence-electron chi connectivity index (χ2n) is 6.41. The van der Waals surface area contributed by atoms with Gasteiger partial charge in [-0.2, -0.15) is 8.78 Å². The van der Waals surface area contributed by atoms with Crippen molar-refractivity contribution in [3.8, 4) is 5.75 Å². The summed E-state index contributed by atoms with van der Waals surface area (Å²) in [5, 5.41) is 14.8. The van der Waals surface area contributed by atoms with Gasteiger partial charge in [0, 0.05) is 32.1 Å². The highest BCUT2D eigenvalue weighted by molar-refractivity contribution is 5.79. The highest BCUT2D eigenvalue weighted by atomic mass is 19.3. The van der Waals surface area contributed by atoms with E-state index < -0.39 is 6.61 Å². The summed E-state index contributed by atoms with van der Waals surface area (Å²) in [5.74, 6) is 2.59. The van der Waals surface area contributed by atoms with Crippen LogP contribution >= 0.6 is 0 Å². The predicted molar refractivity (Wildman–Crippen MR) is 97.8 cm³/mol. The number of rotatable bonds is 6. The van der Waals surface area contributed by atoms with E-state index in [1.807, 2.05) is 13.0 Å². The van der Waals surface area contributed by atoms with Crippen molar-refractivity contribution in [1.82, 2.24) is 25.4 Å². The first kappa shape index (κ1) is 19.1. The molecule has 0 fully saturated rings. The number of nitrogens with zero attached hydrogens (tertiary/aromatic N) is 4. The molecule has 0 saturated heterocycles. The van der Waals surface area contributed by atoms with Gasteiger partial charge >= 0.3 is 6.61 Å². The predicted octanol–water partition coefficient (Wildman–Crippen LogP) is 2.39. The van der Waals surface area contributed by atoms with Crippen molar-refractivity contribution < 1.29 is 13.5 Å². The van der Waals surface area contributed by atoms with Gasteiger partial charge in [0.2, 0.25) is 0 Å². The van der Waals surface area contributed by atoms with Crippen molar-refractivity contribution in [1.29, 1.82) is 0 Å². The molecule has 2 aromatic rings. The minimum absolute atomic E-state index is 0.157. The molecule has 27 heavy (non-hydrogen) atoms. The van der Waals surface area contributed by atoms with Crippen LogP contribution in [0.2, 0.25) is 0 Å². The van der Waals surface area contributed by atoms with E-state index in [0.29, 0.717) is 24.6 Å². The van der Waals surface area contributed by atoms with E-state index in [1.54, 1.807) is 19.2 Å². The van der Waals surface area contributed by atoms with Gasteiger partial charge in [0.05, 0.1) is 6.54 Å². The third kappa shape index (κ3) is 4.93. The standard InChI is InChI=1S/C18H24F2N6O/c1-12-6-7-14(27-17(19)20)13(9-12)10-22-18(21-2)23-11-16-25-24-15-5-3-4-8-26(15)16/h6-7,9,17H,3-5,8,10-11H2,1-2H3,(H2,21,22,23). The SMILES string of the molecule is CN=C(NCc1cc(C)ccc1OC(F)F)NCc1nnc2n1CCCC2. The number of alkyl halides is 2. The van der Waals surface area contributed by atoms with Gasteiger partial charge in [-0.1, -0.05) is 17.7 Å². The molecule has 0 spiro atoms. The summed E-state index contributed by atoms with van der Waals surface area (Å²) in [4.78, 5) is 4.18. The molecule has 0 unspecified atom stereocenters. The molecule has 2 N–H and O–H groups in total. The average Bonchev–Trinajstić information content (AvgIpc) is 3.07. The van der Waals surface area contributed by atoms with Gasteiger partial charge in [0.25, 0.3) is 0 Å². The van der Waals surface area contributed by atoms with E-state index in [2.05, 4.69) is 35.1 Å². The lowest BCUT2D eigenvalue weighted by atomic mass is 10.1. The Morgan fingerprint density at radius 2 is 2.07 bits per heavy atom. The first-order chi connectivity index (χ1) is 13.1. The number of aliphatic imine (C=N–C) groups is 1. The van der Waals surface area contributed by atoms with Crippen molar-refractivity contribution in [2.24, 2.45) is 4.99 Å². The maximum atomic E-state index is 12.6. The lowest BCUT2D eigenvalue weighted by molar-refractivity contribution is -0.0504. The van der Waals surface area contributed by atoms with Crippen LogP contribution in [0.25, 0.3) is 0 Å². The van der Waals surface area contributed by atoms with E-state index in [-0.39, 0.29) is 5.75 Å². The molecule has 7 nitrogen and oxygen atoms in total. The van der Waals surface area contributed by atoms with Crippen LogP contribution in [0.3, 0.4) is 0 Å². The lowest BCUT2D eigenvalue weighted by Gasteiger charge is -2.17. The molecule has 1 aromatic carbocycles. The summed E-state index contributed by atoms with van der Waals surface area (Å²) >= 11 is 0. The molecule has 2 heterocycles. The normalized spacial score (nSPS) is 14.2. The first-order valence-corrected chi connectivity index (χ1v) is 8.96. The number of aromatic nitrogens is 3. The lowest BCUT2D eigenvalue weighted by Crippen LogP contribution is -2.37. The monoisotopic (exact) mass is 378 g/mol. The van der Waals surface area contributed by atoms with Crippen molar-refractivity contribution >= 4 is 5.96 Å². The Balaban J connectivity index is 1.60. The van der Waals surface area contributed by atoms with Gasteiger partial charge in [-0.15, -0.1) is 10.2 Å². The highest BCUT2D eigenvalue weighted by Gasteiger charge is 2.16. The zero-order valence-electron chi connectivity index (χ0n) is 15.5. The molecule has 1 aromatic heterocycles. The second kappa shape index (κ2) is 8.79. The zero-order chi connectivity index (χ0) is 19.2. The van der Waals surface area contributed by atoms with Crippen LogP contribution in [0.15, 0.2) is 23.2 Å². The number of aryl methyl sites for hydroxylation is 2. The Bertz CT molecular complexity index is 805. The van der Waals surface area contributed by atoms with Crippen LogP contribution in [-0.2, 0) is 26.1 Å². The van der Waals surface area contributed by atoms with E-state index in [9.17, 15) is 8.78 Å². The third-order valence-corrected chi connectivity index (χ3v) is 4.45. The Kier molecular flexibility index (Phi) is 6.20. The van der Waals surface area contributed by atoms with Gasteiger partial charge in [0.1, 0.15) is 11.6 Å². The molecule has 9 heteroatoms. The molecule has 0 amide bonds. The van der Waals surface area contributed by atoms with Gasteiger partial charge in [-0.3, -0.25) is 4.99 Å². The van der Waals surface area contributed by atoms with Crippen LogP contribution in [0, 0.1) is 6.92 Å². The Morgan fingerprint density at radius 1 is 1.26 bits per heavy atom. The van der Waals surface area contributed by atoms with E-state index in [1.165, 1.54) is 0 Å². The maximum absolute atomic E-state index is 12.6. The molecule has 0 saturated carbocycles. The molecule has 3 rings (SSSR count). The Hall–Kier alpha value is -2.71. The van der Waals surface area contributed by atoms with Crippen molar-refractivity contribution in [3.05, 3.63) is 41.0 Å². The molecule has 0 bridgehead atoms. The number of benzene rings is 1. The molecule has 0 radical (unpaired) electrons. The van der Waals surface area contributed by atoms with Crippen molar-refractivity contribution in [3.63, 3.8) is 0 Å². The molecular formula is C18H24F2N6O. The molecular weight excluding hydrogens is 354 g/mol. The summed E-state index contributed by atoms with van der Waals surface area (Å²) in [5.41, 5.74) is 1.60. The van der Waals surface area contributed by atoms with Crippen LogP contribution in [0.4, 0.5) is 8.78 Å². The molecule has 1 aliphatic rings. The Morgan fingerprint density at radius 3 is 2.85 bits per heavy atom. The number of hydrogen-bond donors (Lipinski definition) is 2. The summed E-state index contributed by atoms with van der Waals surface area (Å²) in [6, 6.07) is 5.10. The number of nitrogens with one attached hydrogen (secondary N) is 2. The Labute approximate surface area is 156 Å². The van der Waals surface area contributed by atoms with Gasteiger partial charge in [0.15, 0.2) is 11.8 Å². The topological polar surface area (TPSA) is 76.4 Å². The summed E-state index contributed by atoms with van der Waals surface area (Å²) in [7, 11) is 1.65. The fourth-order valence-corrected chi connectivity index (χ4v) is 3.12. The number of hydrogen-bond acceptors (Lipinski definition) is 4. The van der Waals surface area contributed by atoms with Crippen LogP contribution in [0.1, 0.15) is 35.6 Å². The maximum Gasteiger partial charge on any atom is 0.387 e. The minimum Gasteiger partial charge on any atom is -0.434 e. The van der Waals surface area contributed by atoms with E-state index in [0.717, 1.165) is 43.0 Å². The van der Waals surface area contributed by atoms with E-state index in [4.69, 9.17) is 0 Å². The number of ether oxygens (including phenoxy) is 1. The van der Waals surface area contributed by atoms with Gasteiger partial charge in [-0.05, 0) is 25.8 Å². The van der Waals surface area contributed by atoms with Crippen molar-refractivity contribution in [2.45, 2.75) is 52.4 Å². The van der Waals surface area contributed by atoms with Crippen LogP contribution in [-0.4, -0.2) is 34.4 Å². The smallest absolute Gasteiger partial charge is 0.387 e. The minimum atomic E-state index is -2.86. The number of guanidine groups is 1. The fraction of sp³-hybridized carbons (Fsp3) is 0.500. The number of halogens is 2. The second-order valence-corrected chi connectivity index (χ2v) is 6.41. The highest BCUT2D eigenvalue weighted by Crippen LogP contribution is 2.22. The van der Waals surface area contributed by atoms with E-state index >= 15 is 0 Å². The summed E-state index contributed by atoms with van der Waals surface area (Å²) in [6.07, 6.45) is 3.24. The van der Waals surface area contributed by atoms with Crippen LogP contribution < -0.4 is 15.4 Å². The third-order valence-electron chi connectivity index (χ3n) is 4.45. The van der Waals surface area contributed by atoms with Gasteiger partial charge < -0.3 is 19.9 Å². The summed E-state index contributed by atoms with van der Waals surface area (Å²) in [6.45, 7) is 0.769. The first-order valence-electron chi connectivity index (χ1n) is 8.96. The van der Waals surface area contributed by atoms with Gasteiger partial charge in [-0.25, -0.2) is 0 Å².